The number of esters is 1. The fourth-order valence-electron chi connectivity index (χ4n) is 3.28. The Bertz CT molecular complexity index is 938. The van der Waals surface area contributed by atoms with Gasteiger partial charge in [-0.15, -0.1) is 0 Å². The summed E-state index contributed by atoms with van der Waals surface area (Å²) in [5.74, 6) is -0.774. The SMILES string of the molecule is C=CCOC(=O)C1=C(C)N=C2SC(CC)C(=O)N2C1c1ccc(OCC(N)=O)cc1. The number of ether oxygens (including phenoxy) is 2. The third kappa shape index (κ3) is 4.25. The number of nitrogens with two attached hydrogens (primary N) is 1. The molecule has 2 unspecified atom stereocenters. The van der Waals surface area contributed by atoms with Gasteiger partial charge in [-0.05, 0) is 31.0 Å². The normalized spacial score (nSPS) is 20.5. The molecule has 1 fully saturated rings. The van der Waals surface area contributed by atoms with E-state index in [1.807, 2.05) is 6.92 Å². The molecule has 3 rings (SSSR count). The Morgan fingerprint density at radius 3 is 2.63 bits per heavy atom. The van der Waals surface area contributed by atoms with Crippen molar-refractivity contribution in [3.05, 3.63) is 53.8 Å². The highest BCUT2D eigenvalue weighted by molar-refractivity contribution is 8.15. The summed E-state index contributed by atoms with van der Waals surface area (Å²) in [6, 6.07) is 6.15. The molecule has 2 aliphatic rings. The van der Waals surface area contributed by atoms with Gasteiger partial charge in [0.05, 0.1) is 22.6 Å². The molecule has 0 bridgehead atoms. The van der Waals surface area contributed by atoms with Gasteiger partial charge >= 0.3 is 5.97 Å². The number of rotatable bonds is 8. The van der Waals surface area contributed by atoms with Crippen LogP contribution in [-0.2, 0) is 19.1 Å². The van der Waals surface area contributed by atoms with Gasteiger partial charge in [-0.3, -0.25) is 14.5 Å². The molecule has 0 saturated carbocycles. The number of fused-ring (bicyclic) bond motifs is 1. The molecule has 2 aliphatic heterocycles. The maximum atomic E-state index is 13.0. The maximum Gasteiger partial charge on any atom is 0.338 e. The lowest BCUT2D eigenvalue weighted by Crippen LogP contribution is -2.40. The summed E-state index contributed by atoms with van der Waals surface area (Å²) >= 11 is 1.40. The molecule has 1 saturated heterocycles. The molecule has 0 aromatic heterocycles. The van der Waals surface area contributed by atoms with Crippen LogP contribution in [0.1, 0.15) is 31.9 Å². The Hall–Kier alpha value is -3.07. The predicted octanol–water partition coefficient (Wildman–Crippen LogP) is 2.32. The van der Waals surface area contributed by atoms with Gasteiger partial charge < -0.3 is 15.2 Å². The van der Waals surface area contributed by atoms with E-state index in [9.17, 15) is 14.4 Å². The van der Waals surface area contributed by atoms with Gasteiger partial charge in [0.15, 0.2) is 11.8 Å². The topological polar surface area (TPSA) is 111 Å². The molecule has 1 aromatic rings. The first kappa shape index (κ1) is 21.6. The molecule has 2 N–H and O–H groups in total. The van der Waals surface area contributed by atoms with Crippen molar-refractivity contribution in [1.82, 2.24) is 4.90 Å². The van der Waals surface area contributed by atoms with Crippen molar-refractivity contribution in [2.75, 3.05) is 13.2 Å². The average Bonchev–Trinajstić information content (AvgIpc) is 3.05. The lowest BCUT2D eigenvalue weighted by Gasteiger charge is -2.33. The second-order valence-corrected chi connectivity index (χ2v) is 7.90. The van der Waals surface area contributed by atoms with E-state index in [1.165, 1.54) is 17.8 Å². The van der Waals surface area contributed by atoms with Crippen molar-refractivity contribution >= 4 is 34.7 Å². The standard InChI is InChI=1S/C21H23N3O5S/c1-4-10-28-20(27)17-12(3)23-21-24(19(26)15(5-2)30-21)18(17)13-6-8-14(9-7-13)29-11-16(22)25/h4,6-9,15,18H,1,5,10-11H2,2-3H3,(H2,22,25). The highest BCUT2D eigenvalue weighted by Gasteiger charge is 2.47. The van der Waals surface area contributed by atoms with E-state index >= 15 is 0 Å². The minimum atomic E-state index is -0.670. The average molecular weight is 429 g/mol. The van der Waals surface area contributed by atoms with Crippen LogP contribution in [-0.4, -0.2) is 46.3 Å². The van der Waals surface area contributed by atoms with E-state index in [-0.39, 0.29) is 24.4 Å². The number of aliphatic imine (C=N–C) groups is 1. The summed E-state index contributed by atoms with van der Waals surface area (Å²) in [5.41, 5.74) is 6.61. The molecule has 8 nitrogen and oxygen atoms in total. The lowest BCUT2D eigenvalue weighted by atomic mass is 9.94. The van der Waals surface area contributed by atoms with Crippen LogP contribution in [0.2, 0.25) is 0 Å². The molecule has 158 valence electrons. The highest BCUT2D eigenvalue weighted by atomic mass is 32.2. The number of allylic oxidation sites excluding steroid dienone is 1. The second kappa shape index (κ2) is 9.17. The van der Waals surface area contributed by atoms with Gasteiger partial charge in [0.25, 0.3) is 5.91 Å². The van der Waals surface area contributed by atoms with Crippen LogP contribution in [0.3, 0.4) is 0 Å². The molecule has 2 heterocycles. The monoisotopic (exact) mass is 429 g/mol. The number of nitrogens with zero attached hydrogens (tertiary/aromatic N) is 2. The number of hydrogen-bond acceptors (Lipinski definition) is 7. The number of thioether (sulfide) groups is 1. The molecule has 2 amide bonds. The van der Waals surface area contributed by atoms with Crippen molar-refractivity contribution in [3.63, 3.8) is 0 Å². The van der Waals surface area contributed by atoms with Gasteiger partial charge in [-0.1, -0.05) is 43.5 Å². The van der Waals surface area contributed by atoms with Crippen LogP contribution in [0.5, 0.6) is 5.75 Å². The fraction of sp³-hybridized carbons (Fsp3) is 0.333. The summed E-state index contributed by atoms with van der Waals surface area (Å²) in [5, 5.41) is 0.324. The molecule has 0 radical (unpaired) electrons. The highest BCUT2D eigenvalue weighted by Crippen LogP contribution is 2.44. The molecule has 30 heavy (non-hydrogen) atoms. The van der Waals surface area contributed by atoms with Crippen molar-refractivity contribution in [1.29, 1.82) is 0 Å². The van der Waals surface area contributed by atoms with E-state index in [2.05, 4.69) is 11.6 Å². The van der Waals surface area contributed by atoms with E-state index in [4.69, 9.17) is 15.2 Å². The predicted molar refractivity (Wildman–Crippen MR) is 114 cm³/mol. The molecular weight excluding hydrogens is 406 g/mol. The van der Waals surface area contributed by atoms with Crippen LogP contribution in [0.4, 0.5) is 0 Å². The van der Waals surface area contributed by atoms with Gasteiger partial charge in [0.2, 0.25) is 5.91 Å². The van der Waals surface area contributed by atoms with Crippen molar-refractivity contribution < 1.29 is 23.9 Å². The second-order valence-electron chi connectivity index (χ2n) is 6.73. The zero-order chi connectivity index (χ0) is 21.8. The Balaban J connectivity index is 2.00. The number of carbonyl (C=O) groups excluding carboxylic acids is 3. The lowest BCUT2D eigenvalue weighted by molar-refractivity contribution is -0.139. The summed E-state index contributed by atoms with van der Waals surface area (Å²) < 4.78 is 10.6. The van der Waals surface area contributed by atoms with Gasteiger partial charge in [0, 0.05) is 0 Å². The molecule has 0 spiro atoms. The third-order valence-corrected chi connectivity index (χ3v) is 5.97. The first-order chi connectivity index (χ1) is 14.4. The zero-order valence-electron chi connectivity index (χ0n) is 16.8. The fourth-order valence-corrected chi connectivity index (χ4v) is 4.41. The number of carbonyl (C=O) groups is 3. The van der Waals surface area contributed by atoms with Crippen LogP contribution in [0, 0.1) is 0 Å². The number of amides is 2. The van der Waals surface area contributed by atoms with Crippen molar-refractivity contribution in [3.8, 4) is 5.75 Å². The van der Waals surface area contributed by atoms with E-state index < -0.39 is 17.9 Å². The van der Waals surface area contributed by atoms with Gasteiger partial charge in [0.1, 0.15) is 12.4 Å². The Morgan fingerprint density at radius 2 is 2.03 bits per heavy atom. The summed E-state index contributed by atoms with van der Waals surface area (Å²) in [7, 11) is 0. The Morgan fingerprint density at radius 1 is 1.33 bits per heavy atom. The van der Waals surface area contributed by atoms with Crippen molar-refractivity contribution in [2.45, 2.75) is 31.6 Å². The smallest absolute Gasteiger partial charge is 0.338 e. The molecule has 2 atom stereocenters. The molecular formula is C21H23N3O5S. The summed E-state index contributed by atoms with van der Waals surface area (Å²) in [6.45, 7) is 7.05. The van der Waals surface area contributed by atoms with Crippen LogP contribution >= 0.6 is 11.8 Å². The summed E-state index contributed by atoms with van der Waals surface area (Å²) in [6.07, 6.45) is 2.14. The molecule has 0 aliphatic carbocycles. The molecule has 9 heteroatoms. The number of amidine groups is 1. The third-order valence-electron chi connectivity index (χ3n) is 4.65. The first-order valence-electron chi connectivity index (χ1n) is 9.45. The minimum absolute atomic E-state index is 0.0546. The van der Waals surface area contributed by atoms with Gasteiger partial charge in [-0.25, -0.2) is 9.79 Å². The maximum absolute atomic E-state index is 13.0. The minimum Gasteiger partial charge on any atom is -0.484 e. The largest absolute Gasteiger partial charge is 0.484 e. The van der Waals surface area contributed by atoms with Crippen LogP contribution in [0.25, 0.3) is 0 Å². The van der Waals surface area contributed by atoms with E-state index in [0.717, 1.165) is 0 Å². The first-order valence-corrected chi connectivity index (χ1v) is 10.3. The number of hydrogen-bond donors (Lipinski definition) is 1. The quantitative estimate of drug-likeness (QED) is 0.501. The van der Waals surface area contributed by atoms with Crippen LogP contribution in [0.15, 0.2) is 53.2 Å². The van der Waals surface area contributed by atoms with Gasteiger partial charge in [-0.2, -0.15) is 0 Å². The van der Waals surface area contributed by atoms with Crippen LogP contribution < -0.4 is 10.5 Å². The Labute approximate surface area is 178 Å². The van der Waals surface area contributed by atoms with E-state index in [0.29, 0.717) is 34.2 Å². The van der Waals surface area contributed by atoms with E-state index in [1.54, 1.807) is 36.1 Å². The zero-order valence-corrected chi connectivity index (χ0v) is 17.6. The van der Waals surface area contributed by atoms with Crippen molar-refractivity contribution in [2.24, 2.45) is 10.7 Å². The number of benzene rings is 1. The Kier molecular flexibility index (Phi) is 6.61. The molecule has 1 aromatic carbocycles. The number of primary amides is 1. The summed E-state index contributed by atoms with van der Waals surface area (Å²) in [4.78, 5) is 42.9.